The molecule has 1 saturated carbocycles. The maximum Gasteiger partial charge on any atom is 0.267 e. The quantitative estimate of drug-likeness (QED) is 0.748. The minimum Gasteiger partial charge on any atom is -0.391 e. The number of amides is 1. The van der Waals surface area contributed by atoms with E-state index in [0.717, 1.165) is 45.1 Å². The predicted molar refractivity (Wildman–Crippen MR) is 115 cm³/mol. The number of nitrogens with zero attached hydrogens (tertiary/aromatic N) is 4. The molecule has 9 heteroatoms. The van der Waals surface area contributed by atoms with Crippen molar-refractivity contribution in [2.75, 3.05) is 18.0 Å². The molecule has 2 aliphatic rings. The van der Waals surface area contributed by atoms with Crippen LogP contribution in [0.5, 0.6) is 0 Å². The van der Waals surface area contributed by atoms with Crippen LogP contribution in [-0.4, -0.2) is 51.2 Å². The fourth-order valence-electron chi connectivity index (χ4n) is 4.80. The summed E-state index contributed by atoms with van der Waals surface area (Å²) in [4.78, 5) is 27.3. The molecule has 2 aromatic rings. The molecule has 2 fully saturated rings. The molecule has 0 aromatic carbocycles. The molecule has 31 heavy (non-hydrogen) atoms. The first-order valence-electron chi connectivity index (χ1n) is 11.2. The number of rotatable bonds is 5. The van der Waals surface area contributed by atoms with Crippen molar-refractivity contribution >= 4 is 11.7 Å². The van der Waals surface area contributed by atoms with Gasteiger partial charge in [-0.15, -0.1) is 0 Å². The third-order valence-electron chi connectivity index (χ3n) is 6.50. The summed E-state index contributed by atoms with van der Waals surface area (Å²) >= 11 is 0. The Morgan fingerprint density at radius 3 is 2.71 bits per heavy atom. The second-order valence-electron chi connectivity index (χ2n) is 8.65. The number of carbonyl (C=O) groups excluding carboxylic acids is 1. The average Bonchev–Trinajstić information content (AvgIpc) is 3.11. The minimum atomic E-state index is -0.541. The molecule has 1 amide bonds. The van der Waals surface area contributed by atoms with E-state index in [4.69, 9.17) is 4.52 Å². The van der Waals surface area contributed by atoms with Gasteiger partial charge >= 0.3 is 0 Å². The number of aromatic nitrogens is 3. The van der Waals surface area contributed by atoms with Crippen molar-refractivity contribution in [1.82, 2.24) is 20.3 Å². The maximum atomic E-state index is 12.7. The lowest BCUT2D eigenvalue weighted by Crippen LogP contribution is -2.48. The number of anilines is 1. The van der Waals surface area contributed by atoms with Gasteiger partial charge in [0.1, 0.15) is 17.1 Å². The molecule has 0 bridgehead atoms. The number of carbonyl (C=O) groups is 1. The summed E-state index contributed by atoms with van der Waals surface area (Å²) in [5.41, 5.74) is 0.880. The van der Waals surface area contributed by atoms with Gasteiger partial charge < -0.3 is 19.8 Å². The van der Waals surface area contributed by atoms with E-state index in [1.807, 2.05) is 0 Å². The van der Waals surface area contributed by atoms with Gasteiger partial charge in [0.05, 0.1) is 17.8 Å². The van der Waals surface area contributed by atoms with E-state index in [0.29, 0.717) is 35.8 Å². The molecular formula is C22H31N5O4. The highest BCUT2D eigenvalue weighted by Gasteiger charge is 2.29. The van der Waals surface area contributed by atoms with Crippen molar-refractivity contribution in [1.29, 1.82) is 0 Å². The van der Waals surface area contributed by atoms with Gasteiger partial charge in [-0.2, -0.15) is 5.10 Å². The van der Waals surface area contributed by atoms with Crippen LogP contribution in [0, 0.1) is 13.8 Å². The molecule has 1 saturated heterocycles. The second kappa shape index (κ2) is 9.21. The Hall–Kier alpha value is -2.68. The first kappa shape index (κ1) is 21.5. The largest absolute Gasteiger partial charge is 0.391 e. The van der Waals surface area contributed by atoms with Gasteiger partial charge in [0, 0.05) is 25.2 Å². The van der Waals surface area contributed by atoms with Crippen LogP contribution in [-0.2, 0) is 0 Å². The summed E-state index contributed by atoms with van der Waals surface area (Å²) in [6.45, 7) is 4.76. The fraction of sp³-hybridized carbons (Fsp3) is 0.636. The van der Waals surface area contributed by atoms with Gasteiger partial charge in [-0.05, 0) is 52.0 Å². The number of nitrogens with one attached hydrogen (secondary N) is 1. The van der Waals surface area contributed by atoms with Crippen LogP contribution >= 0.6 is 0 Å². The van der Waals surface area contributed by atoms with Crippen LogP contribution in [0.4, 0.5) is 5.82 Å². The van der Waals surface area contributed by atoms with Crippen LogP contribution in [0.1, 0.15) is 72.8 Å². The van der Waals surface area contributed by atoms with E-state index < -0.39 is 6.10 Å². The minimum absolute atomic E-state index is 0.0768. The smallest absolute Gasteiger partial charge is 0.267 e. The lowest BCUT2D eigenvalue weighted by molar-refractivity contribution is 0.0669. The van der Waals surface area contributed by atoms with E-state index in [1.165, 1.54) is 10.7 Å². The SMILES string of the molecule is Cc1noc(C)c1C(=O)NCC1CCCCN1c1ccc(=O)n(C2CCCCC2O)n1. The molecule has 1 aliphatic carbocycles. The monoisotopic (exact) mass is 429 g/mol. The zero-order valence-corrected chi connectivity index (χ0v) is 18.2. The highest BCUT2D eigenvalue weighted by atomic mass is 16.5. The van der Waals surface area contributed by atoms with Crippen LogP contribution in [0.2, 0.25) is 0 Å². The molecule has 9 nitrogen and oxygen atoms in total. The Balaban J connectivity index is 1.51. The highest BCUT2D eigenvalue weighted by molar-refractivity contribution is 5.96. The van der Waals surface area contributed by atoms with Crippen molar-refractivity contribution in [3.8, 4) is 0 Å². The molecule has 2 N–H and O–H groups in total. The van der Waals surface area contributed by atoms with Gasteiger partial charge in [-0.3, -0.25) is 9.59 Å². The summed E-state index contributed by atoms with van der Waals surface area (Å²) < 4.78 is 6.57. The lowest BCUT2D eigenvalue weighted by atomic mass is 9.93. The van der Waals surface area contributed by atoms with Crippen LogP contribution in [0.15, 0.2) is 21.5 Å². The first-order chi connectivity index (χ1) is 15.0. The molecule has 3 heterocycles. The normalized spacial score (nSPS) is 24.2. The summed E-state index contributed by atoms with van der Waals surface area (Å²) in [5, 5.41) is 21.9. The molecule has 0 spiro atoms. The van der Waals surface area contributed by atoms with Gasteiger partial charge in [-0.25, -0.2) is 4.68 Å². The Labute approximate surface area is 181 Å². The molecular weight excluding hydrogens is 398 g/mol. The zero-order valence-electron chi connectivity index (χ0n) is 18.2. The van der Waals surface area contributed by atoms with E-state index in [1.54, 1.807) is 19.9 Å². The Kier molecular flexibility index (Phi) is 6.41. The molecule has 3 unspecified atom stereocenters. The summed E-state index contributed by atoms with van der Waals surface area (Å²) in [5.74, 6) is 1.04. The molecule has 3 atom stereocenters. The van der Waals surface area contributed by atoms with Crippen molar-refractivity contribution in [3.05, 3.63) is 39.5 Å². The maximum absolute atomic E-state index is 12.7. The van der Waals surface area contributed by atoms with E-state index in [9.17, 15) is 14.7 Å². The van der Waals surface area contributed by atoms with Gasteiger partial charge in [0.2, 0.25) is 0 Å². The summed E-state index contributed by atoms with van der Waals surface area (Å²) in [6, 6.07) is 3.09. The third-order valence-corrected chi connectivity index (χ3v) is 6.50. The molecule has 4 rings (SSSR count). The van der Waals surface area contributed by atoms with Gasteiger partial charge in [-0.1, -0.05) is 18.0 Å². The molecule has 1 aliphatic heterocycles. The second-order valence-corrected chi connectivity index (χ2v) is 8.65. The first-order valence-corrected chi connectivity index (χ1v) is 11.2. The van der Waals surface area contributed by atoms with Gasteiger partial charge in [0.15, 0.2) is 0 Å². The Morgan fingerprint density at radius 1 is 1.19 bits per heavy atom. The van der Waals surface area contributed by atoms with Crippen LogP contribution < -0.4 is 15.8 Å². The number of hydrogen-bond acceptors (Lipinski definition) is 7. The van der Waals surface area contributed by atoms with Crippen LogP contribution in [0.25, 0.3) is 0 Å². The zero-order chi connectivity index (χ0) is 22.0. The third kappa shape index (κ3) is 4.51. The number of hydrogen-bond donors (Lipinski definition) is 2. The number of aryl methyl sites for hydroxylation is 2. The molecule has 168 valence electrons. The van der Waals surface area contributed by atoms with Crippen molar-refractivity contribution in [3.63, 3.8) is 0 Å². The lowest BCUT2D eigenvalue weighted by Gasteiger charge is -2.37. The van der Waals surface area contributed by atoms with Crippen LogP contribution in [0.3, 0.4) is 0 Å². The van der Waals surface area contributed by atoms with E-state index in [2.05, 4.69) is 20.5 Å². The summed E-state index contributed by atoms with van der Waals surface area (Å²) in [6.07, 6.45) is 5.91. The standard InChI is InChI=1S/C22H31N5O4/c1-14-21(15(2)31-25-14)22(30)23-13-16-7-5-6-12-26(16)19-10-11-20(29)27(24-19)17-8-3-4-9-18(17)28/h10-11,16-18,28H,3-9,12-13H2,1-2H3,(H,23,30). The highest BCUT2D eigenvalue weighted by Crippen LogP contribution is 2.28. The summed E-state index contributed by atoms with van der Waals surface area (Å²) in [7, 11) is 0. The van der Waals surface area contributed by atoms with E-state index in [-0.39, 0.29) is 23.6 Å². The van der Waals surface area contributed by atoms with E-state index >= 15 is 0 Å². The van der Waals surface area contributed by atoms with Gasteiger partial charge in [0.25, 0.3) is 11.5 Å². The van der Waals surface area contributed by atoms with Crippen molar-refractivity contribution in [2.24, 2.45) is 0 Å². The topological polar surface area (TPSA) is 113 Å². The number of piperidine rings is 1. The van der Waals surface area contributed by atoms with Crippen molar-refractivity contribution < 1.29 is 14.4 Å². The molecule has 2 aromatic heterocycles. The Bertz CT molecular complexity index is 965. The number of aliphatic hydroxyl groups excluding tert-OH is 1. The number of aliphatic hydroxyl groups is 1. The average molecular weight is 430 g/mol. The Morgan fingerprint density at radius 2 is 1.97 bits per heavy atom. The fourth-order valence-corrected chi connectivity index (χ4v) is 4.80. The van der Waals surface area contributed by atoms with Crippen molar-refractivity contribution in [2.45, 2.75) is 77.0 Å². The predicted octanol–water partition coefficient (Wildman–Crippen LogP) is 2.11. The molecule has 0 radical (unpaired) electrons.